The van der Waals surface area contributed by atoms with Crippen LogP contribution in [0.15, 0.2) is 48.5 Å². The van der Waals surface area contributed by atoms with E-state index >= 15 is 0 Å². The lowest BCUT2D eigenvalue weighted by Gasteiger charge is -2.15. The van der Waals surface area contributed by atoms with Crippen molar-refractivity contribution in [3.05, 3.63) is 75.5 Å². The van der Waals surface area contributed by atoms with Gasteiger partial charge in [-0.3, -0.25) is 9.59 Å². The highest BCUT2D eigenvalue weighted by Gasteiger charge is 2.21. The van der Waals surface area contributed by atoms with Gasteiger partial charge in [-0.05, 0) is 34.9 Å². The van der Waals surface area contributed by atoms with Crippen LogP contribution in [0.2, 0.25) is 10.0 Å². The van der Waals surface area contributed by atoms with Crippen molar-refractivity contribution in [3.63, 3.8) is 0 Å². The van der Waals surface area contributed by atoms with Crippen LogP contribution < -0.4 is 5.32 Å². The largest absolute Gasteiger partial charge is 0.337 e. The fourth-order valence-electron chi connectivity index (χ4n) is 2.84. The molecule has 1 heterocycles. The Balaban J connectivity index is 1.54. The number of hydrogen-bond donors (Lipinski definition) is 1. The monoisotopic (exact) mass is 477 g/mol. The number of benzene rings is 2. The Morgan fingerprint density at radius 3 is 2.48 bits per heavy atom. The third kappa shape index (κ3) is 6.78. The Kier molecular flexibility index (Phi) is 8.45. The Labute approximate surface area is 194 Å². The summed E-state index contributed by atoms with van der Waals surface area (Å²) in [6.45, 7) is 1.75. The van der Waals surface area contributed by atoms with Gasteiger partial charge in [-0.2, -0.15) is 4.80 Å². The highest BCUT2D eigenvalue weighted by atomic mass is 35.5. The number of ketones is 1. The average Bonchev–Trinajstić information content (AvgIpc) is 3.20. The van der Waals surface area contributed by atoms with Crippen molar-refractivity contribution >= 4 is 46.0 Å². The van der Waals surface area contributed by atoms with E-state index in [1.54, 1.807) is 18.2 Å². The fourth-order valence-corrected chi connectivity index (χ4v) is 4.09. The maximum Gasteiger partial charge on any atom is 0.279 e. The molecule has 0 aliphatic rings. The molecular weight excluding hydrogens is 457 g/mol. The van der Waals surface area contributed by atoms with Gasteiger partial charge in [0.15, 0.2) is 11.6 Å². The highest BCUT2D eigenvalue weighted by Crippen LogP contribution is 2.25. The molecule has 0 saturated heterocycles. The van der Waals surface area contributed by atoms with Crippen molar-refractivity contribution in [2.24, 2.45) is 0 Å². The topological polar surface area (TPSA) is 89.8 Å². The number of hydrogen-bond acceptors (Lipinski definition) is 6. The second-order valence-corrected chi connectivity index (χ2v) is 8.51. The van der Waals surface area contributed by atoms with Crippen LogP contribution in [0, 0.1) is 0 Å². The van der Waals surface area contributed by atoms with Crippen molar-refractivity contribution in [2.75, 3.05) is 0 Å². The number of thioether (sulfide) groups is 1. The van der Waals surface area contributed by atoms with E-state index in [9.17, 15) is 9.59 Å². The highest BCUT2D eigenvalue weighted by molar-refractivity contribution is 8.12. The molecule has 7 nitrogen and oxygen atoms in total. The molecule has 162 valence electrons. The van der Waals surface area contributed by atoms with E-state index in [2.05, 4.69) is 20.7 Å². The van der Waals surface area contributed by atoms with Gasteiger partial charge in [-0.15, -0.1) is 10.2 Å². The maximum absolute atomic E-state index is 12.6. The molecule has 0 aliphatic heterocycles. The smallest absolute Gasteiger partial charge is 0.279 e. The molecule has 0 saturated carbocycles. The molecule has 1 unspecified atom stereocenters. The van der Waals surface area contributed by atoms with Crippen LogP contribution in [0.1, 0.15) is 30.3 Å². The molecule has 3 rings (SSSR count). The number of halogens is 2. The Bertz CT molecular complexity index is 1030. The van der Waals surface area contributed by atoms with Crippen LogP contribution in [-0.2, 0) is 23.5 Å². The third-order valence-corrected chi connectivity index (χ3v) is 6.06. The second-order valence-electron chi connectivity index (χ2n) is 6.75. The Morgan fingerprint density at radius 2 is 1.81 bits per heavy atom. The maximum atomic E-state index is 12.6. The summed E-state index contributed by atoms with van der Waals surface area (Å²) in [6, 6.07) is 14.3. The number of amides is 1. The molecule has 3 aromatic rings. The quantitative estimate of drug-likeness (QED) is 0.485. The zero-order chi connectivity index (χ0) is 22.2. The zero-order valence-corrected chi connectivity index (χ0v) is 19.1. The summed E-state index contributed by atoms with van der Waals surface area (Å²) in [7, 11) is 0. The van der Waals surface area contributed by atoms with E-state index in [0.29, 0.717) is 40.0 Å². The predicted molar refractivity (Wildman–Crippen MR) is 122 cm³/mol. The van der Waals surface area contributed by atoms with Crippen molar-refractivity contribution in [3.8, 4) is 0 Å². The minimum Gasteiger partial charge on any atom is -0.337 e. The number of tetrazole rings is 1. The number of carbonyl (C=O) groups is 2. The predicted octanol–water partition coefficient (Wildman–Crippen LogP) is 4.56. The summed E-state index contributed by atoms with van der Waals surface area (Å²) >= 11 is 13.5. The number of Topliss-reactive ketones (excluding diaryl/α,β-unsaturated/α-hetero) is 1. The molecule has 1 atom stereocenters. The van der Waals surface area contributed by atoms with Crippen molar-refractivity contribution < 1.29 is 9.59 Å². The average molecular weight is 478 g/mol. The summed E-state index contributed by atoms with van der Waals surface area (Å²) in [5, 5.41) is 15.7. The van der Waals surface area contributed by atoms with E-state index in [0.717, 1.165) is 17.3 Å². The summed E-state index contributed by atoms with van der Waals surface area (Å²) in [5.41, 5.74) is 1.74. The molecule has 1 amide bonds. The lowest BCUT2D eigenvalue weighted by atomic mass is 10.1. The van der Waals surface area contributed by atoms with Crippen LogP contribution in [0.25, 0.3) is 0 Å². The molecule has 0 spiro atoms. The van der Waals surface area contributed by atoms with Gasteiger partial charge in [0.25, 0.3) is 5.24 Å². The molecule has 0 aliphatic carbocycles. The van der Waals surface area contributed by atoms with Crippen molar-refractivity contribution in [1.29, 1.82) is 0 Å². The lowest BCUT2D eigenvalue weighted by Crippen LogP contribution is -2.40. The van der Waals surface area contributed by atoms with Gasteiger partial charge in [0, 0.05) is 22.2 Å². The molecule has 2 aromatic carbocycles. The number of carbonyl (C=O) groups excluding carboxylic acids is 2. The Morgan fingerprint density at radius 1 is 1.10 bits per heavy atom. The van der Waals surface area contributed by atoms with Gasteiger partial charge in [0.1, 0.15) is 6.54 Å². The van der Waals surface area contributed by atoms with Crippen molar-refractivity contribution in [2.45, 2.75) is 38.1 Å². The molecule has 0 bridgehead atoms. The molecule has 1 N–H and O–H groups in total. The first-order valence-electron chi connectivity index (χ1n) is 9.65. The van der Waals surface area contributed by atoms with Gasteiger partial charge in [-0.25, -0.2) is 0 Å². The van der Waals surface area contributed by atoms with Crippen LogP contribution in [0.4, 0.5) is 4.79 Å². The van der Waals surface area contributed by atoms with Crippen LogP contribution >= 0.6 is 35.0 Å². The lowest BCUT2D eigenvalue weighted by molar-refractivity contribution is -0.121. The molecule has 0 fully saturated rings. The van der Waals surface area contributed by atoms with E-state index < -0.39 is 6.04 Å². The summed E-state index contributed by atoms with van der Waals surface area (Å²) in [6.07, 6.45) is 0.768. The summed E-state index contributed by atoms with van der Waals surface area (Å²) in [4.78, 5) is 26.1. The standard InChI is InChI=1S/C21H21Cl2N5O2S/c1-2-18(24-21(30)31-13-14-7-4-3-5-8-14)19(29)12-28-26-20(25-27-28)11-15-16(22)9-6-10-17(15)23/h3-10,18H,2,11-13H2,1H3,(H,24,30). The second kappa shape index (κ2) is 11.3. The van der Waals surface area contributed by atoms with Gasteiger partial charge < -0.3 is 5.32 Å². The van der Waals surface area contributed by atoms with Crippen LogP contribution in [-0.4, -0.2) is 37.3 Å². The van der Waals surface area contributed by atoms with E-state index in [-0.39, 0.29) is 17.6 Å². The number of rotatable bonds is 9. The van der Waals surface area contributed by atoms with Crippen LogP contribution in [0.5, 0.6) is 0 Å². The minimum atomic E-state index is -0.622. The van der Waals surface area contributed by atoms with E-state index in [1.807, 2.05) is 37.3 Å². The zero-order valence-electron chi connectivity index (χ0n) is 16.8. The minimum absolute atomic E-state index is 0.0919. The van der Waals surface area contributed by atoms with E-state index in [4.69, 9.17) is 23.2 Å². The number of aromatic nitrogens is 4. The van der Waals surface area contributed by atoms with Gasteiger partial charge in [0.05, 0.1) is 6.04 Å². The molecule has 31 heavy (non-hydrogen) atoms. The van der Waals surface area contributed by atoms with Crippen LogP contribution in [0.3, 0.4) is 0 Å². The molecular formula is C21H21Cl2N5O2S. The van der Waals surface area contributed by atoms with Gasteiger partial charge in [0.2, 0.25) is 0 Å². The first-order valence-corrected chi connectivity index (χ1v) is 11.4. The third-order valence-electron chi connectivity index (χ3n) is 4.49. The first kappa shape index (κ1) is 23.2. The number of nitrogens with one attached hydrogen (secondary N) is 1. The normalized spacial score (nSPS) is 11.8. The summed E-state index contributed by atoms with van der Waals surface area (Å²) in [5.74, 6) is 0.741. The number of nitrogens with zero attached hydrogens (tertiary/aromatic N) is 4. The molecule has 10 heteroatoms. The summed E-state index contributed by atoms with van der Waals surface area (Å²) < 4.78 is 0. The Hall–Kier alpha value is -2.42. The first-order chi connectivity index (χ1) is 15.0. The fraction of sp³-hybridized carbons (Fsp3) is 0.286. The van der Waals surface area contributed by atoms with Crippen molar-refractivity contribution in [1.82, 2.24) is 25.5 Å². The van der Waals surface area contributed by atoms with E-state index in [1.165, 1.54) is 4.80 Å². The van der Waals surface area contributed by atoms with Gasteiger partial charge >= 0.3 is 0 Å². The molecule has 0 radical (unpaired) electrons. The SMILES string of the molecule is CCC(NC(=O)SCc1ccccc1)C(=O)Cn1nnc(Cc2c(Cl)cccc2Cl)n1. The van der Waals surface area contributed by atoms with Gasteiger partial charge in [-0.1, -0.05) is 78.3 Å². The molecule has 1 aromatic heterocycles.